The number of nitrogens with one attached hydrogen (secondary N) is 1. The van der Waals surface area contributed by atoms with Crippen molar-refractivity contribution < 1.29 is 4.92 Å². The number of benzene rings is 1. The van der Waals surface area contributed by atoms with Crippen LogP contribution in [0.15, 0.2) is 18.2 Å². The van der Waals surface area contributed by atoms with Crippen LogP contribution in [0, 0.1) is 17.0 Å². The Bertz CT molecular complexity index is 490. The van der Waals surface area contributed by atoms with Crippen molar-refractivity contribution in [2.24, 2.45) is 0 Å². The van der Waals surface area contributed by atoms with Crippen LogP contribution >= 0.6 is 0 Å². The van der Waals surface area contributed by atoms with Crippen molar-refractivity contribution in [3.05, 3.63) is 33.9 Å². The smallest absolute Gasteiger partial charge is 0.271 e. The number of hydrogen-bond acceptors (Lipinski definition) is 4. The Balaban J connectivity index is 2.01. The van der Waals surface area contributed by atoms with E-state index in [-0.39, 0.29) is 10.6 Å². The second-order valence-electron chi connectivity index (χ2n) is 5.87. The van der Waals surface area contributed by atoms with Crippen LogP contribution in [0.5, 0.6) is 0 Å². The minimum atomic E-state index is -0.333. The number of nitro groups is 1. The third-order valence-electron chi connectivity index (χ3n) is 4.15. The highest BCUT2D eigenvalue weighted by molar-refractivity contribution is 5.57. The summed E-state index contributed by atoms with van der Waals surface area (Å²) in [5.41, 5.74) is 2.12. The van der Waals surface area contributed by atoms with Gasteiger partial charge in [0, 0.05) is 30.4 Å². The Morgan fingerprint density at radius 2 is 2.19 bits per heavy atom. The van der Waals surface area contributed by atoms with Crippen LogP contribution in [-0.4, -0.2) is 35.5 Å². The molecule has 1 aliphatic heterocycles. The van der Waals surface area contributed by atoms with Gasteiger partial charge in [0.2, 0.25) is 0 Å². The Kier molecular flexibility index (Phi) is 5.56. The first-order valence-corrected chi connectivity index (χ1v) is 7.84. The minimum Gasteiger partial charge on any atom is -0.382 e. The van der Waals surface area contributed by atoms with Gasteiger partial charge in [-0.15, -0.1) is 0 Å². The van der Waals surface area contributed by atoms with Crippen LogP contribution in [0.25, 0.3) is 0 Å². The largest absolute Gasteiger partial charge is 0.382 e. The molecule has 1 N–H and O–H groups in total. The molecule has 5 heteroatoms. The number of non-ortho nitro benzene ring substituents is 1. The molecule has 0 bridgehead atoms. The van der Waals surface area contributed by atoms with Crippen LogP contribution in [0.1, 0.15) is 38.2 Å². The fourth-order valence-electron chi connectivity index (χ4n) is 2.94. The van der Waals surface area contributed by atoms with Crippen molar-refractivity contribution in [3.8, 4) is 0 Å². The number of nitro benzene ring substituents is 1. The van der Waals surface area contributed by atoms with E-state index in [2.05, 4.69) is 17.1 Å². The second-order valence-corrected chi connectivity index (χ2v) is 5.87. The van der Waals surface area contributed by atoms with Gasteiger partial charge in [0.15, 0.2) is 0 Å². The predicted molar refractivity (Wildman–Crippen MR) is 85.8 cm³/mol. The molecular formula is C16H25N3O2. The van der Waals surface area contributed by atoms with E-state index < -0.39 is 0 Å². The quantitative estimate of drug-likeness (QED) is 0.665. The molecule has 1 atom stereocenters. The normalized spacial score (nSPS) is 20.0. The summed E-state index contributed by atoms with van der Waals surface area (Å²) in [6, 6.07) is 5.45. The maximum atomic E-state index is 10.9. The number of rotatable bonds is 5. The van der Waals surface area contributed by atoms with Gasteiger partial charge >= 0.3 is 0 Å². The first-order chi connectivity index (χ1) is 10.1. The summed E-state index contributed by atoms with van der Waals surface area (Å²) in [5.74, 6) is 0. The fourth-order valence-corrected chi connectivity index (χ4v) is 2.94. The predicted octanol–water partition coefficient (Wildman–Crippen LogP) is 3.58. The van der Waals surface area contributed by atoms with Gasteiger partial charge in [-0.2, -0.15) is 0 Å². The number of aryl methyl sites for hydroxylation is 1. The van der Waals surface area contributed by atoms with Crippen LogP contribution in [-0.2, 0) is 0 Å². The summed E-state index contributed by atoms with van der Waals surface area (Å²) < 4.78 is 0. The molecule has 1 saturated heterocycles. The highest BCUT2D eigenvalue weighted by Gasteiger charge is 2.18. The summed E-state index contributed by atoms with van der Waals surface area (Å²) in [4.78, 5) is 13.1. The van der Waals surface area contributed by atoms with Crippen LogP contribution in [0.4, 0.5) is 11.4 Å². The Morgan fingerprint density at radius 3 is 2.90 bits per heavy atom. The molecule has 1 aliphatic rings. The molecule has 2 rings (SSSR count). The Morgan fingerprint density at radius 1 is 1.38 bits per heavy atom. The van der Waals surface area contributed by atoms with Gasteiger partial charge in [0.1, 0.15) is 0 Å². The average Bonchev–Trinajstić information content (AvgIpc) is 2.67. The van der Waals surface area contributed by atoms with E-state index in [0.29, 0.717) is 6.04 Å². The molecule has 1 aromatic rings. The van der Waals surface area contributed by atoms with Crippen molar-refractivity contribution in [3.63, 3.8) is 0 Å². The van der Waals surface area contributed by atoms with E-state index >= 15 is 0 Å². The lowest BCUT2D eigenvalue weighted by atomic mass is 10.1. The summed E-state index contributed by atoms with van der Waals surface area (Å²) in [7, 11) is 0. The Hall–Kier alpha value is -1.62. The number of hydrogen-bond donors (Lipinski definition) is 1. The molecule has 0 aliphatic carbocycles. The maximum absolute atomic E-state index is 10.9. The zero-order valence-electron chi connectivity index (χ0n) is 13.0. The SMILES string of the molecule is CCCN1CCCC(Nc2cc([N+](=O)[O-])ccc2C)CC1. The van der Waals surface area contributed by atoms with Gasteiger partial charge in [0.25, 0.3) is 5.69 Å². The van der Waals surface area contributed by atoms with Crippen LogP contribution in [0.3, 0.4) is 0 Å². The first-order valence-electron chi connectivity index (χ1n) is 7.84. The summed E-state index contributed by atoms with van der Waals surface area (Å²) in [5, 5.41) is 14.4. The third-order valence-corrected chi connectivity index (χ3v) is 4.15. The van der Waals surface area contributed by atoms with Gasteiger partial charge in [-0.3, -0.25) is 10.1 Å². The monoisotopic (exact) mass is 291 g/mol. The lowest BCUT2D eigenvalue weighted by molar-refractivity contribution is -0.384. The number of anilines is 1. The topological polar surface area (TPSA) is 58.4 Å². The van der Waals surface area contributed by atoms with E-state index in [9.17, 15) is 10.1 Å². The second kappa shape index (κ2) is 7.41. The molecule has 21 heavy (non-hydrogen) atoms. The zero-order chi connectivity index (χ0) is 15.2. The minimum absolute atomic E-state index is 0.157. The average molecular weight is 291 g/mol. The van der Waals surface area contributed by atoms with Gasteiger partial charge in [-0.25, -0.2) is 0 Å². The molecule has 116 valence electrons. The van der Waals surface area contributed by atoms with E-state index in [1.54, 1.807) is 12.1 Å². The zero-order valence-corrected chi connectivity index (χ0v) is 13.0. The number of nitrogens with zero attached hydrogens (tertiary/aromatic N) is 2. The molecule has 0 aromatic heterocycles. The van der Waals surface area contributed by atoms with Crippen molar-refractivity contribution >= 4 is 11.4 Å². The molecule has 0 radical (unpaired) electrons. The molecule has 1 unspecified atom stereocenters. The van der Waals surface area contributed by atoms with Gasteiger partial charge in [-0.05, 0) is 51.3 Å². The molecule has 0 amide bonds. The Labute approximate surface area is 126 Å². The fraction of sp³-hybridized carbons (Fsp3) is 0.625. The molecule has 1 aromatic carbocycles. The maximum Gasteiger partial charge on any atom is 0.271 e. The van der Waals surface area contributed by atoms with Gasteiger partial charge in [0.05, 0.1) is 4.92 Å². The standard InChI is InChI=1S/C16H25N3O2/c1-3-9-18-10-4-5-14(8-11-18)17-16-12-15(19(20)21)7-6-13(16)2/h6-7,12,14,17H,3-5,8-11H2,1-2H3. The molecule has 5 nitrogen and oxygen atoms in total. The van der Waals surface area contributed by atoms with Crippen molar-refractivity contribution in [1.29, 1.82) is 0 Å². The molecule has 1 heterocycles. The summed E-state index contributed by atoms with van der Waals surface area (Å²) in [6.07, 6.45) is 4.61. The van der Waals surface area contributed by atoms with Crippen LogP contribution < -0.4 is 5.32 Å². The third kappa shape index (κ3) is 4.43. The van der Waals surface area contributed by atoms with E-state index in [4.69, 9.17) is 0 Å². The highest BCUT2D eigenvalue weighted by Crippen LogP contribution is 2.24. The van der Waals surface area contributed by atoms with E-state index in [1.807, 2.05) is 13.0 Å². The lowest BCUT2D eigenvalue weighted by Crippen LogP contribution is -2.27. The van der Waals surface area contributed by atoms with Crippen molar-refractivity contribution in [2.45, 2.75) is 45.6 Å². The van der Waals surface area contributed by atoms with E-state index in [0.717, 1.165) is 30.6 Å². The van der Waals surface area contributed by atoms with Gasteiger partial charge in [-0.1, -0.05) is 13.0 Å². The van der Waals surface area contributed by atoms with Crippen molar-refractivity contribution in [1.82, 2.24) is 4.90 Å². The molecular weight excluding hydrogens is 266 g/mol. The molecule has 0 saturated carbocycles. The highest BCUT2D eigenvalue weighted by atomic mass is 16.6. The van der Waals surface area contributed by atoms with Crippen molar-refractivity contribution in [2.75, 3.05) is 25.0 Å². The van der Waals surface area contributed by atoms with E-state index in [1.165, 1.54) is 25.9 Å². The van der Waals surface area contributed by atoms with Gasteiger partial charge < -0.3 is 10.2 Å². The molecule has 0 spiro atoms. The van der Waals surface area contributed by atoms with Crippen LogP contribution in [0.2, 0.25) is 0 Å². The summed E-state index contributed by atoms with van der Waals surface area (Å²) in [6.45, 7) is 7.65. The lowest BCUT2D eigenvalue weighted by Gasteiger charge is -2.20. The summed E-state index contributed by atoms with van der Waals surface area (Å²) >= 11 is 0. The molecule has 1 fully saturated rings. The number of likely N-dealkylation sites (tertiary alicyclic amines) is 1. The first kappa shape index (κ1) is 15.8.